The predicted octanol–water partition coefficient (Wildman–Crippen LogP) is 4.08. The molecule has 38 heavy (non-hydrogen) atoms. The quantitative estimate of drug-likeness (QED) is 0.213. The summed E-state index contributed by atoms with van der Waals surface area (Å²) in [6, 6.07) is 21.3. The van der Waals surface area contributed by atoms with Crippen LogP contribution in [0.25, 0.3) is 11.0 Å². The van der Waals surface area contributed by atoms with E-state index in [2.05, 4.69) is 20.3 Å². The molecule has 0 saturated heterocycles. The number of carbonyl (C=O) groups is 2. The lowest BCUT2D eigenvalue weighted by Crippen LogP contribution is -2.27. The lowest BCUT2D eigenvalue weighted by molar-refractivity contribution is -0.107. The standard InChI is InChI=1S/C28H24N6O4/c29-23-6-2-3-7-24(23)33-27(36)19-9-11-20(12-10-19)37-14-13-34(18-35)28-22(15-26-31-16-30-17-32-26)21-5-1-4-8-25(21)38-28/h1-12,16-18H,13-15,29H2,(H,33,36). The summed E-state index contributed by atoms with van der Waals surface area (Å²) in [4.78, 5) is 38.3. The maximum atomic E-state index is 12.5. The highest BCUT2D eigenvalue weighted by atomic mass is 16.5. The molecule has 0 spiro atoms. The summed E-state index contributed by atoms with van der Waals surface area (Å²) < 4.78 is 11.9. The number of hydrogen-bond acceptors (Lipinski definition) is 8. The first-order chi connectivity index (χ1) is 18.6. The second kappa shape index (κ2) is 11.2. The second-order valence-electron chi connectivity index (χ2n) is 8.33. The number of furan rings is 1. The van der Waals surface area contributed by atoms with Crippen LogP contribution in [0, 0.1) is 0 Å². The van der Waals surface area contributed by atoms with E-state index in [0.29, 0.717) is 52.8 Å². The minimum absolute atomic E-state index is 0.201. The Morgan fingerprint density at radius 3 is 2.50 bits per heavy atom. The number of aromatic nitrogens is 3. The van der Waals surface area contributed by atoms with Crippen molar-refractivity contribution in [3.63, 3.8) is 0 Å². The third-order valence-electron chi connectivity index (χ3n) is 5.87. The van der Waals surface area contributed by atoms with Gasteiger partial charge in [0.25, 0.3) is 5.91 Å². The van der Waals surface area contributed by atoms with Crippen LogP contribution < -0.4 is 20.7 Å². The van der Waals surface area contributed by atoms with E-state index in [1.807, 2.05) is 24.3 Å². The van der Waals surface area contributed by atoms with Crippen molar-refractivity contribution in [2.75, 3.05) is 29.1 Å². The molecule has 0 aliphatic carbocycles. The highest BCUT2D eigenvalue weighted by molar-refractivity contribution is 6.05. The summed E-state index contributed by atoms with van der Waals surface area (Å²) in [6.45, 7) is 0.441. The minimum Gasteiger partial charge on any atom is -0.492 e. The number of amides is 2. The largest absolute Gasteiger partial charge is 0.492 e. The predicted molar refractivity (Wildman–Crippen MR) is 143 cm³/mol. The van der Waals surface area contributed by atoms with Gasteiger partial charge in [-0.25, -0.2) is 15.0 Å². The molecule has 0 unspecified atom stereocenters. The molecule has 3 N–H and O–H groups in total. The van der Waals surface area contributed by atoms with Gasteiger partial charge < -0.3 is 20.2 Å². The van der Waals surface area contributed by atoms with Crippen LogP contribution >= 0.6 is 0 Å². The van der Waals surface area contributed by atoms with E-state index in [-0.39, 0.29) is 19.1 Å². The van der Waals surface area contributed by atoms with Crippen molar-refractivity contribution in [1.82, 2.24) is 15.0 Å². The highest BCUT2D eigenvalue weighted by Crippen LogP contribution is 2.33. The van der Waals surface area contributed by atoms with Gasteiger partial charge in [-0.3, -0.25) is 14.5 Å². The van der Waals surface area contributed by atoms with Crippen molar-refractivity contribution < 1.29 is 18.7 Å². The van der Waals surface area contributed by atoms with Gasteiger partial charge in [0.2, 0.25) is 12.3 Å². The summed E-state index contributed by atoms with van der Waals surface area (Å²) in [5.74, 6) is 1.25. The zero-order chi connectivity index (χ0) is 26.3. The minimum atomic E-state index is -0.280. The molecular formula is C28H24N6O4. The number of nitrogens with zero attached hydrogens (tertiary/aromatic N) is 4. The Balaban J connectivity index is 1.25. The van der Waals surface area contributed by atoms with Gasteiger partial charge in [-0.15, -0.1) is 0 Å². The summed E-state index contributed by atoms with van der Waals surface area (Å²) in [5, 5.41) is 3.67. The molecule has 0 atom stereocenters. The number of ether oxygens (including phenoxy) is 1. The van der Waals surface area contributed by atoms with Gasteiger partial charge in [-0.2, -0.15) is 0 Å². The number of benzene rings is 3. The lowest BCUT2D eigenvalue weighted by Gasteiger charge is -2.17. The van der Waals surface area contributed by atoms with E-state index < -0.39 is 0 Å². The number of para-hydroxylation sites is 3. The van der Waals surface area contributed by atoms with Crippen LogP contribution in [0.3, 0.4) is 0 Å². The molecule has 190 valence electrons. The molecule has 0 bridgehead atoms. The van der Waals surface area contributed by atoms with Gasteiger partial charge in [0.05, 0.1) is 17.9 Å². The number of rotatable bonds is 10. The number of nitrogens with two attached hydrogens (primary N) is 1. The van der Waals surface area contributed by atoms with Crippen LogP contribution in [-0.2, 0) is 11.2 Å². The zero-order valence-corrected chi connectivity index (χ0v) is 20.3. The average Bonchev–Trinajstić information content (AvgIpc) is 3.31. The Hall–Kier alpha value is -5.25. The summed E-state index contributed by atoms with van der Waals surface area (Å²) >= 11 is 0. The monoisotopic (exact) mass is 508 g/mol. The molecular weight excluding hydrogens is 484 g/mol. The Bertz CT molecular complexity index is 1550. The van der Waals surface area contributed by atoms with Crippen LogP contribution in [0.1, 0.15) is 21.7 Å². The fourth-order valence-electron chi connectivity index (χ4n) is 3.97. The van der Waals surface area contributed by atoms with Gasteiger partial charge in [0.15, 0.2) is 0 Å². The van der Waals surface area contributed by atoms with Crippen LogP contribution in [0.15, 0.2) is 89.9 Å². The highest BCUT2D eigenvalue weighted by Gasteiger charge is 2.21. The van der Waals surface area contributed by atoms with E-state index in [0.717, 1.165) is 10.9 Å². The fraction of sp³-hybridized carbons (Fsp3) is 0.107. The Morgan fingerprint density at radius 2 is 1.74 bits per heavy atom. The summed E-state index contributed by atoms with van der Waals surface area (Å²) in [7, 11) is 0. The Labute approximate surface area is 218 Å². The van der Waals surface area contributed by atoms with Crippen molar-refractivity contribution in [2.24, 2.45) is 0 Å². The molecule has 10 nitrogen and oxygen atoms in total. The molecule has 2 amide bonds. The molecule has 0 fully saturated rings. The Kier molecular flexibility index (Phi) is 7.21. The lowest BCUT2D eigenvalue weighted by atomic mass is 10.1. The van der Waals surface area contributed by atoms with Crippen molar-refractivity contribution in [1.29, 1.82) is 0 Å². The maximum absolute atomic E-state index is 12.5. The van der Waals surface area contributed by atoms with Gasteiger partial charge in [-0.05, 0) is 42.5 Å². The van der Waals surface area contributed by atoms with E-state index in [1.165, 1.54) is 17.6 Å². The molecule has 5 rings (SSSR count). The molecule has 0 aliphatic heterocycles. The third kappa shape index (κ3) is 5.44. The van der Waals surface area contributed by atoms with Crippen LogP contribution in [-0.4, -0.2) is 40.4 Å². The van der Waals surface area contributed by atoms with Crippen molar-refractivity contribution in [3.8, 4) is 5.75 Å². The summed E-state index contributed by atoms with van der Waals surface area (Å²) in [6.07, 6.45) is 3.95. The average molecular weight is 509 g/mol. The number of anilines is 3. The number of fused-ring (bicyclic) bond motifs is 1. The summed E-state index contributed by atoms with van der Waals surface area (Å²) in [5.41, 5.74) is 8.85. The van der Waals surface area contributed by atoms with Crippen molar-refractivity contribution in [2.45, 2.75) is 6.42 Å². The van der Waals surface area contributed by atoms with Crippen molar-refractivity contribution >= 4 is 40.5 Å². The fourth-order valence-corrected chi connectivity index (χ4v) is 3.97. The first-order valence-corrected chi connectivity index (χ1v) is 11.8. The van der Waals surface area contributed by atoms with E-state index >= 15 is 0 Å². The molecule has 5 aromatic rings. The number of nitrogens with one attached hydrogen (secondary N) is 1. The molecule has 2 heterocycles. The molecule has 0 saturated carbocycles. The number of hydrogen-bond donors (Lipinski definition) is 2. The number of carbonyl (C=O) groups excluding carboxylic acids is 2. The molecule has 2 aromatic heterocycles. The van der Waals surface area contributed by atoms with Gasteiger partial charge in [0.1, 0.15) is 36.4 Å². The maximum Gasteiger partial charge on any atom is 0.255 e. The van der Waals surface area contributed by atoms with Crippen molar-refractivity contribution in [3.05, 3.63) is 102 Å². The molecule has 0 aliphatic rings. The van der Waals surface area contributed by atoms with Gasteiger partial charge in [-0.1, -0.05) is 30.3 Å². The van der Waals surface area contributed by atoms with E-state index in [4.69, 9.17) is 14.9 Å². The smallest absolute Gasteiger partial charge is 0.255 e. The SMILES string of the molecule is Nc1ccccc1NC(=O)c1ccc(OCCN(C=O)c2oc3ccccc3c2Cc2ncncn2)cc1. The topological polar surface area (TPSA) is 136 Å². The van der Waals surface area contributed by atoms with Crippen LogP contribution in [0.5, 0.6) is 5.75 Å². The number of nitrogen functional groups attached to an aromatic ring is 1. The van der Waals surface area contributed by atoms with Crippen LogP contribution in [0.2, 0.25) is 0 Å². The Morgan fingerprint density at radius 1 is 1.00 bits per heavy atom. The molecule has 0 radical (unpaired) electrons. The van der Waals surface area contributed by atoms with Gasteiger partial charge in [0, 0.05) is 22.9 Å². The van der Waals surface area contributed by atoms with Crippen LogP contribution in [0.4, 0.5) is 17.3 Å². The second-order valence-corrected chi connectivity index (χ2v) is 8.33. The van der Waals surface area contributed by atoms with E-state index in [9.17, 15) is 9.59 Å². The third-order valence-corrected chi connectivity index (χ3v) is 5.87. The first kappa shape index (κ1) is 24.4. The normalized spacial score (nSPS) is 10.7. The van der Waals surface area contributed by atoms with Gasteiger partial charge >= 0.3 is 0 Å². The molecule has 3 aromatic carbocycles. The van der Waals surface area contributed by atoms with E-state index in [1.54, 1.807) is 48.5 Å². The first-order valence-electron chi connectivity index (χ1n) is 11.8. The zero-order valence-electron chi connectivity index (χ0n) is 20.3. The molecule has 10 heteroatoms.